The average Bonchev–Trinajstić information content (AvgIpc) is 2.32. The van der Waals surface area contributed by atoms with Gasteiger partial charge in [0.15, 0.2) is 0 Å². The minimum Gasteiger partial charge on any atom is -0.467 e. The average molecular weight is 257 g/mol. The zero-order valence-corrected chi connectivity index (χ0v) is 10.8. The predicted octanol–water partition coefficient (Wildman–Crippen LogP) is -1.46. The van der Waals surface area contributed by atoms with E-state index >= 15 is 0 Å². The minimum absolute atomic E-state index is 0.00376. The lowest BCUT2D eigenvalue weighted by atomic mass is 10.1. The number of carbonyl (C=O) groups is 2. The van der Waals surface area contributed by atoms with E-state index < -0.39 is 23.5 Å². The Hall–Kier alpha value is -1.62. The summed E-state index contributed by atoms with van der Waals surface area (Å²) in [6.45, 7) is 3.12. The predicted molar refractivity (Wildman–Crippen MR) is 65.0 cm³/mol. The molecule has 0 saturated heterocycles. The fourth-order valence-electron chi connectivity index (χ4n) is 1.14. The van der Waals surface area contributed by atoms with Gasteiger partial charge in [0.05, 0.1) is 13.7 Å². The number of nitrogens with one attached hydrogen (secondary N) is 2. The number of nitrogens with two attached hydrogens (primary N) is 1. The van der Waals surface area contributed by atoms with Gasteiger partial charge in [-0.15, -0.1) is 6.42 Å². The van der Waals surface area contributed by atoms with E-state index in [1.54, 1.807) is 0 Å². The number of carbonyl (C=O) groups excluding carboxylic acids is 2. The molecule has 0 aromatic heterocycles. The molecule has 0 rings (SSSR count). The van der Waals surface area contributed by atoms with Crippen LogP contribution in [0.5, 0.6) is 0 Å². The molecule has 0 bridgehead atoms. The van der Waals surface area contributed by atoms with Crippen LogP contribution >= 0.6 is 0 Å². The van der Waals surface area contributed by atoms with Crippen molar-refractivity contribution in [2.75, 3.05) is 20.3 Å². The lowest BCUT2D eigenvalue weighted by molar-refractivity contribution is -0.149. The largest absolute Gasteiger partial charge is 0.467 e. The van der Waals surface area contributed by atoms with Crippen LogP contribution in [0, 0.1) is 12.3 Å². The van der Waals surface area contributed by atoms with E-state index in [1.807, 2.05) is 0 Å². The summed E-state index contributed by atoms with van der Waals surface area (Å²) < 4.78 is 9.57. The van der Waals surface area contributed by atoms with Crippen LogP contribution in [0.1, 0.15) is 13.8 Å². The molecule has 1 atom stereocenters. The van der Waals surface area contributed by atoms with Gasteiger partial charge in [0.1, 0.15) is 18.2 Å². The lowest BCUT2D eigenvalue weighted by Gasteiger charge is -2.25. The molecule has 7 heteroatoms. The highest BCUT2D eigenvalue weighted by Crippen LogP contribution is 2.05. The molecule has 4 N–H and O–H groups in total. The van der Waals surface area contributed by atoms with Crippen molar-refractivity contribution in [3.8, 4) is 12.3 Å². The first-order valence-electron chi connectivity index (χ1n) is 5.26. The minimum atomic E-state index is -1.15. The van der Waals surface area contributed by atoms with Crippen molar-refractivity contribution in [1.29, 1.82) is 0 Å². The smallest absolute Gasteiger partial charge is 0.330 e. The monoisotopic (exact) mass is 257 g/mol. The van der Waals surface area contributed by atoms with Gasteiger partial charge in [0.2, 0.25) is 5.91 Å². The Balaban J connectivity index is 4.44. The first kappa shape index (κ1) is 16.4. The van der Waals surface area contributed by atoms with Crippen LogP contribution in [-0.2, 0) is 19.1 Å². The molecule has 0 heterocycles. The van der Waals surface area contributed by atoms with E-state index in [9.17, 15) is 9.59 Å². The van der Waals surface area contributed by atoms with E-state index in [2.05, 4.69) is 21.4 Å². The molecule has 0 saturated carbocycles. The molecule has 0 aliphatic rings. The summed E-state index contributed by atoms with van der Waals surface area (Å²) in [4.78, 5) is 23.2. The molecule has 0 aromatic rings. The number of terminal acetylenes is 1. The van der Waals surface area contributed by atoms with Crippen LogP contribution in [0.25, 0.3) is 0 Å². The number of hydrogen-bond donors (Lipinski definition) is 3. The number of methoxy groups -OCH3 is 1. The third kappa shape index (κ3) is 5.14. The van der Waals surface area contributed by atoms with E-state index in [4.69, 9.17) is 17.0 Å². The van der Waals surface area contributed by atoms with Crippen molar-refractivity contribution in [3.05, 3.63) is 0 Å². The van der Waals surface area contributed by atoms with Crippen LogP contribution in [-0.4, -0.2) is 43.8 Å². The summed E-state index contributed by atoms with van der Waals surface area (Å²) in [5.41, 5.74) is 1.14. The number of esters is 1. The maximum atomic E-state index is 11.8. The second-order valence-electron chi connectivity index (χ2n) is 4.04. The Bertz CT molecular complexity index is 336. The molecule has 0 unspecified atom stereocenters. The molecule has 0 radical (unpaired) electrons. The summed E-state index contributed by atoms with van der Waals surface area (Å²) in [5.74, 6) is 6.45. The van der Waals surface area contributed by atoms with Gasteiger partial charge in [-0.3, -0.25) is 10.6 Å². The number of rotatable bonds is 7. The Morgan fingerprint density at radius 3 is 2.56 bits per heavy atom. The van der Waals surface area contributed by atoms with Crippen molar-refractivity contribution in [1.82, 2.24) is 10.7 Å². The van der Waals surface area contributed by atoms with Gasteiger partial charge in [0, 0.05) is 0 Å². The van der Waals surface area contributed by atoms with E-state index in [1.165, 1.54) is 21.0 Å². The van der Waals surface area contributed by atoms with E-state index in [0.29, 0.717) is 0 Å². The van der Waals surface area contributed by atoms with Crippen molar-refractivity contribution < 1.29 is 19.1 Å². The van der Waals surface area contributed by atoms with Crippen LogP contribution in [0.2, 0.25) is 0 Å². The number of amides is 1. The fourth-order valence-corrected chi connectivity index (χ4v) is 1.14. The van der Waals surface area contributed by atoms with E-state index in [0.717, 1.165) is 0 Å². The molecular formula is C11H19N3O4. The number of hydrazine groups is 1. The first-order chi connectivity index (χ1) is 8.38. The highest BCUT2D eigenvalue weighted by molar-refractivity contribution is 5.89. The molecule has 0 spiro atoms. The molecule has 102 valence electrons. The lowest BCUT2D eigenvalue weighted by Crippen LogP contribution is -2.58. The second-order valence-corrected chi connectivity index (χ2v) is 4.04. The van der Waals surface area contributed by atoms with Crippen molar-refractivity contribution >= 4 is 11.9 Å². The summed E-state index contributed by atoms with van der Waals surface area (Å²) in [5, 5.41) is 2.50. The van der Waals surface area contributed by atoms with Gasteiger partial charge in [-0.25, -0.2) is 10.2 Å². The summed E-state index contributed by atoms with van der Waals surface area (Å²) >= 11 is 0. The Kier molecular flexibility index (Phi) is 6.97. The molecule has 18 heavy (non-hydrogen) atoms. The molecule has 1 amide bonds. The SMILES string of the molecule is C#CCOC[C@H](NN)C(=O)NC(C)(C)C(=O)OC. The van der Waals surface area contributed by atoms with Crippen molar-refractivity contribution in [2.24, 2.45) is 5.84 Å². The van der Waals surface area contributed by atoms with Crippen LogP contribution in [0.3, 0.4) is 0 Å². The van der Waals surface area contributed by atoms with Gasteiger partial charge in [-0.2, -0.15) is 0 Å². The van der Waals surface area contributed by atoms with Gasteiger partial charge in [-0.1, -0.05) is 5.92 Å². The molecule has 0 aliphatic carbocycles. The normalized spacial score (nSPS) is 12.4. The van der Waals surface area contributed by atoms with Crippen molar-refractivity contribution in [2.45, 2.75) is 25.4 Å². The first-order valence-corrected chi connectivity index (χ1v) is 5.26. The van der Waals surface area contributed by atoms with Crippen LogP contribution in [0.15, 0.2) is 0 Å². The quantitative estimate of drug-likeness (QED) is 0.169. The third-order valence-corrected chi connectivity index (χ3v) is 2.12. The number of hydrogen-bond acceptors (Lipinski definition) is 6. The standard InChI is InChI=1S/C11H19N3O4/c1-5-6-18-7-8(14-12)9(15)13-11(2,3)10(16)17-4/h1,8,14H,6-7,12H2,2-4H3,(H,13,15)/t8-/m0/s1. The Morgan fingerprint density at radius 1 is 1.50 bits per heavy atom. The molecular weight excluding hydrogens is 238 g/mol. The second kappa shape index (κ2) is 7.66. The Morgan fingerprint density at radius 2 is 2.11 bits per heavy atom. The van der Waals surface area contributed by atoms with Crippen LogP contribution in [0.4, 0.5) is 0 Å². The van der Waals surface area contributed by atoms with Crippen molar-refractivity contribution in [3.63, 3.8) is 0 Å². The van der Waals surface area contributed by atoms with Gasteiger partial charge >= 0.3 is 5.97 Å². The number of ether oxygens (including phenoxy) is 2. The molecule has 0 fully saturated rings. The summed E-state index contributed by atoms with van der Waals surface area (Å²) in [6, 6.07) is -0.803. The molecule has 7 nitrogen and oxygen atoms in total. The summed E-state index contributed by atoms with van der Waals surface area (Å²) in [7, 11) is 1.24. The maximum Gasteiger partial charge on any atom is 0.330 e. The fraction of sp³-hybridized carbons (Fsp3) is 0.636. The highest BCUT2D eigenvalue weighted by Gasteiger charge is 2.32. The maximum absolute atomic E-state index is 11.8. The van der Waals surface area contributed by atoms with E-state index in [-0.39, 0.29) is 13.2 Å². The molecule has 0 aromatic carbocycles. The zero-order valence-electron chi connectivity index (χ0n) is 10.8. The topological polar surface area (TPSA) is 103 Å². The van der Waals surface area contributed by atoms with Gasteiger partial charge in [-0.05, 0) is 13.8 Å². The third-order valence-electron chi connectivity index (χ3n) is 2.12. The highest BCUT2D eigenvalue weighted by atomic mass is 16.5. The molecule has 0 aliphatic heterocycles. The zero-order chi connectivity index (χ0) is 14.2. The van der Waals surface area contributed by atoms with Gasteiger partial charge in [0.25, 0.3) is 0 Å². The van der Waals surface area contributed by atoms with Gasteiger partial charge < -0.3 is 14.8 Å². The Labute approximate surface area is 106 Å². The van der Waals surface area contributed by atoms with Crippen LogP contribution < -0.4 is 16.6 Å². The summed E-state index contributed by atoms with van der Waals surface area (Å²) in [6.07, 6.45) is 5.00.